The van der Waals surface area contributed by atoms with Crippen molar-refractivity contribution in [2.24, 2.45) is 5.92 Å². The number of aliphatic hydroxyl groups is 1. The Kier molecular flexibility index (Phi) is 10.2. The van der Waals surface area contributed by atoms with Gasteiger partial charge in [-0.25, -0.2) is 13.2 Å². The van der Waals surface area contributed by atoms with Crippen molar-refractivity contribution in [3.63, 3.8) is 0 Å². The number of nitrogens with two attached hydrogens (primary N) is 1. The Balaban J connectivity index is 1.48. The third kappa shape index (κ3) is 7.86. The van der Waals surface area contributed by atoms with E-state index in [0.717, 1.165) is 5.56 Å². The van der Waals surface area contributed by atoms with Gasteiger partial charge in [-0.15, -0.1) is 10.1 Å². The number of anilines is 1. The molecule has 6 atom stereocenters. The fourth-order valence-electron chi connectivity index (χ4n) is 5.01. The first kappa shape index (κ1) is 31.4. The van der Waals surface area contributed by atoms with Crippen LogP contribution in [0.25, 0.3) is 0 Å². The number of benzene rings is 2. The summed E-state index contributed by atoms with van der Waals surface area (Å²) in [6, 6.07) is 13.9. The summed E-state index contributed by atoms with van der Waals surface area (Å²) in [6.07, 6.45) is -5.38. The van der Waals surface area contributed by atoms with Crippen LogP contribution in [0.2, 0.25) is 0 Å². The van der Waals surface area contributed by atoms with Gasteiger partial charge in [-0.1, -0.05) is 44.2 Å². The summed E-state index contributed by atoms with van der Waals surface area (Å²) in [7, 11) is -4.00. The Morgan fingerprint density at radius 2 is 1.71 bits per heavy atom. The number of aliphatic hydroxyl groups excluding tert-OH is 1. The molecule has 2 saturated heterocycles. The minimum atomic E-state index is -4.00. The van der Waals surface area contributed by atoms with E-state index in [0.29, 0.717) is 5.69 Å². The Hall–Kier alpha value is -3.50. The lowest BCUT2D eigenvalue weighted by Gasteiger charge is -2.31. The minimum absolute atomic E-state index is 0.0308. The number of hydrogen-bond donors (Lipinski definition) is 3. The fraction of sp³-hybridized carbons (Fsp3) is 0.519. The van der Waals surface area contributed by atoms with Gasteiger partial charge in [-0.05, 0) is 42.2 Å². The summed E-state index contributed by atoms with van der Waals surface area (Å²) >= 11 is 0. The summed E-state index contributed by atoms with van der Waals surface area (Å²) in [5.74, 6) is -0.0592. The number of carbonyl (C=O) groups is 1. The molecule has 0 spiro atoms. The van der Waals surface area contributed by atoms with Crippen molar-refractivity contribution in [2.75, 3.05) is 32.0 Å². The second-order valence-corrected chi connectivity index (χ2v) is 12.6. The number of ether oxygens (including phenoxy) is 3. The fourth-order valence-corrected chi connectivity index (χ4v) is 6.63. The number of hydrogen-bond acceptors (Lipinski definition) is 11. The molecule has 1 amide bonds. The molecule has 0 saturated carbocycles. The van der Waals surface area contributed by atoms with E-state index in [9.17, 15) is 28.4 Å². The molecule has 2 heterocycles. The van der Waals surface area contributed by atoms with E-state index in [4.69, 9.17) is 19.9 Å². The molecule has 2 aromatic rings. The lowest BCUT2D eigenvalue weighted by molar-refractivity contribution is -0.769. The van der Waals surface area contributed by atoms with E-state index in [1.807, 2.05) is 44.2 Å². The molecule has 15 heteroatoms. The third-order valence-electron chi connectivity index (χ3n) is 6.99. The Morgan fingerprint density at radius 1 is 1.10 bits per heavy atom. The molecular weight excluding hydrogens is 572 g/mol. The highest BCUT2D eigenvalue weighted by molar-refractivity contribution is 7.89. The minimum Gasteiger partial charge on any atom is -0.441 e. The van der Waals surface area contributed by atoms with Gasteiger partial charge in [0.1, 0.15) is 12.2 Å². The van der Waals surface area contributed by atoms with Crippen LogP contribution in [-0.2, 0) is 35.5 Å². The summed E-state index contributed by atoms with van der Waals surface area (Å²) in [6.45, 7) is 3.38. The highest BCUT2D eigenvalue weighted by Crippen LogP contribution is 2.30. The number of nitrogens with one attached hydrogen (secondary N) is 1. The van der Waals surface area contributed by atoms with Gasteiger partial charge in [0.15, 0.2) is 12.2 Å². The Morgan fingerprint density at radius 3 is 2.33 bits per heavy atom. The molecule has 42 heavy (non-hydrogen) atoms. The van der Waals surface area contributed by atoms with Gasteiger partial charge >= 0.3 is 6.09 Å². The number of rotatable bonds is 13. The molecule has 2 aliphatic rings. The standard InChI is InChI=1S/C27H36N4O10S/c1-17(2)13-30(42(36,37)20-10-8-19(28)9-11-20)14-22(32)21(12-18-6-4-3-5-7-18)29-27(33)40-23-15-38-26-24(41-31(34)35)16-39-25(23)26/h3-11,17,21-26,32H,12-16,28H2,1-2H3,(H,29,33)/t21-,22-,23+,24-,25-,26-/m0/s1. The first-order valence-electron chi connectivity index (χ1n) is 13.5. The van der Waals surface area contributed by atoms with Gasteiger partial charge in [-0.3, -0.25) is 0 Å². The van der Waals surface area contributed by atoms with Crippen molar-refractivity contribution in [2.45, 2.75) is 61.7 Å². The predicted molar refractivity (Wildman–Crippen MR) is 149 cm³/mol. The largest absolute Gasteiger partial charge is 0.441 e. The Bertz CT molecular complexity index is 1310. The van der Waals surface area contributed by atoms with Crippen molar-refractivity contribution in [3.8, 4) is 0 Å². The molecule has 0 bridgehead atoms. The van der Waals surface area contributed by atoms with Crippen molar-refractivity contribution in [1.29, 1.82) is 0 Å². The third-order valence-corrected chi connectivity index (χ3v) is 8.83. The van der Waals surface area contributed by atoms with Crippen LogP contribution in [0.15, 0.2) is 59.5 Å². The molecule has 0 aliphatic carbocycles. The van der Waals surface area contributed by atoms with E-state index in [1.54, 1.807) is 0 Å². The molecule has 4 N–H and O–H groups in total. The number of sulfonamides is 1. The van der Waals surface area contributed by atoms with Gasteiger partial charge in [-0.2, -0.15) is 4.31 Å². The number of alkyl carbamates (subject to hydrolysis) is 1. The molecule has 2 fully saturated rings. The van der Waals surface area contributed by atoms with E-state index in [-0.39, 0.29) is 43.5 Å². The van der Waals surface area contributed by atoms with Crippen molar-refractivity contribution in [3.05, 3.63) is 70.3 Å². The molecule has 230 valence electrons. The number of nitrogens with zero attached hydrogens (tertiary/aromatic N) is 2. The van der Waals surface area contributed by atoms with Crippen LogP contribution in [0.5, 0.6) is 0 Å². The van der Waals surface area contributed by atoms with Crippen LogP contribution in [-0.4, -0.2) is 91.9 Å². The molecule has 2 aliphatic heterocycles. The molecule has 2 aromatic carbocycles. The quantitative estimate of drug-likeness (QED) is 0.169. The van der Waals surface area contributed by atoms with Crippen molar-refractivity contribution < 1.29 is 42.5 Å². The summed E-state index contributed by atoms with van der Waals surface area (Å²) < 4.78 is 44.9. The molecular formula is C27H36N4O10S. The monoisotopic (exact) mass is 608 g/mol. The average molecular weight is 609 g/mol. The number of fused-ring (bicyclic) bond motifs is 1. The highest BCUT2D eigenvalue weighted by Gasteiger charge is 2.51. The van der Waals surface area contributed by atoms with Crippen molar-refractivity contribution >= 4 is 21.8 Å². The van der Waals surface area contributed by atoms with Crippen LogP contribution in [0.3, 0.4) is 0 Å². The molecule has 0 radical (unpaired) electrons. The molecule has 4 rings (SSSR count). The zero-order valence-corrected chi connectivity index (χ0v) is 24.1. The van der Waals surface area contributed by atoms with Crippen LogP contribution in [0, 0.1) is 16.0 Å². The average Bonchev–Trinajstić information content (AvgIpc) is 3.51. The number of amides is 1. The SMILES string of the molecule is CC(C)CN(C[C@H](O)[C@H](Cc1ccccc1)NC(=O)O[C@@H]1CO[C@@H]2[C@H]1OC[C@@H]2O[N+](=O)[O-])S(=O)(=O)c1ccc(N)cc1. The second kappa shape index (κ2) is 13.6. The van der Waals surface area contributed by atoms with E-state index in [1.165, 1.54) is 28.6 Å². The predicted octanol–water partition coefficient (Wildman–Crippen LogP) is 1.36. The lowest BCUT2D eigenvalue weighted by Crippen LogP contribution is -2.52. The molecule has 0 unspecified atom stereocenters. The zero-order valence-electron chi connectivity index (χ0n) is 23.3. The molecule has 0 aromatic heterocycles. The van der Waals surface area contributed by atoms with Gasteiger partial charge in [0.25, 0.3) is 5.09 Å². The number of nitrogen functional groups attached to an aromatic ring is 1. The van der Waals surface area contributed by atoms with Crippen LogP contribution in [0.4, 0.5) is 10.5 Å². The van der Waals surface area contributed by atoms with Gasteiger partial charge in [0, 0.05) is 18.8 Å². The number of carbonyl (C=O) groups excluding carboxylic acids is 1. The van der Waals surface area contributed by atoms with Gasteiger partial charge in [0.05, 0.1) is 30.3 Å². The maximum absolute atomic E-state index is 13.5. The van der Waals surface area contributed by atoms with Crippen LogP contribution >= 0.6 is 0 Å². The first-order chi connectivity index (χ1) is 19.9. The first-order valence-corrected chi connectivity index (χ1v) is 15.0. The van der Waals surface area contributed by atoms with E-state index in [2.05, 4.69) is 10.2 Å². The van der Waals surface area contributed by atoms with Crippen LogP contribution in [0.1, 0.15) is 19.4 Å². The van der Waals surface area contributed by atoms with E-state index >= 15 is 0 Å². The maximum Gasteiger partial charge on any atom is 0.407 e. The Labute approximate surface area is 243 Å². The smallest absolute Gasteiger partial charge is 0.407 e. The zero-order chi connectivity index (χ0) is 30.4. The summed E-state index contributed by atoms with van der Waals surface area (Å²) in [5, 5.41) is 23.8. The summed E-state index contributed by atoms with van der Waals surface area (Å²) in [5.41, 5.74) is 6.94. The highest BCUT2D eigenvalue weighted by atomic mass is 32.2. The topological polar surface area (TPSA) is 193 Å². The second-order valence-electron chi connectivity index (χ2n) is 10.7. The molecule has 14 nitrogen and oxygen atoms in total. The lowest BCUT2D eigenvalue weighted by atomic mass is 10.0. The maximum atomic E-state index is 13.5. The van der Waals surface area contributed by atoms with Crippen LogP contribution < -0.4 is 11.1 Å². The van der Waals surface area contributed by atoms with Gasteiger partial charge in [0.2, 0.25) is 10.0 Å². The summed E-state index contributed by atoms with van der Waals surface area (Å²) in [4.78, 5) is 28.4. The van der Waals surface area contributed by atoms with E-state index < -0.39 is 57.8 Å². The van der Waals surface area contributed by atoms with Gasteiger partial charge < -0.3 is 35.2 Å². The van der Waals surface area contributed by atoms with Crippen molar-refractivity contribution in [1.82, 2.24) is 9.62 Å². The normalized spacial score (nSPS) is 23.4.